The van der Waals surface area contributed by atoms with Gasteiger partial charge < -0.3 is 16.4 Å². The number of nitrogens with one attached hydrogen (secondary N) is 3. The number of hydrogen-bond acceptors (Lipinski definition) is 6. The van der Waals surface area contributed by atoms with E-state index in [-0.39, 0.29) is 18.4 Å². The third-order valence-corrected chi connectivity index (χ3v) is 2.54. The Hall–Kier alpha value is -2.38. The third-order valence-electron chi connectivity index (χ3n) is 2.54. The van der Waals surface area contributed by atoms with Crippen LogP contribution in [0.4, 0.5) is 11.8 Å². The van der Waals surface area contributed by atoms with E-state index in [0.29, 0.717) is 17.4 Å². The Morgan fingerprint density at radius 1 is 1.53 bits per heavy atom. The van der Waals surface area contributed by atoms with Gasteiger partial charge in [0.1, 0.15) is 5.82 Å². The predicted molar refractivity (Wildman–Crippen MR) is 72.7 cm³/mol. The van der Waals surface area contributed by atoms with Crippen molar-refractivity contribution in [2.75, 3.05) is 17.2 Å². The molecule has 2 rings (SSSR count). The van der Waals surface area contributed by atoms with Gasteiger partial charge in [-0.1, -0.05) is 0 Å². The van der Waals surface area contributed by atoms with Crippen molar-refractivity contribution in [2.24, 2.45) is 5.73 Å². The van der Waals surface area contributed by atoms with Crippen LogP contribution in [0.2, 0.25) is 0 Å². The Bertz CT molecular complexity index is 579. The number of primary amides is 1. The lowest BCUT2D eigenvalue weighted by atomic mass is 10.2. The minimum absolute atomic E-state index is 0.111. The minimum atomic E-state index is -0.357. The van der Waals surface area contributed by atoms with E-state index in [1.54, 1.807) is 6.20 Å². The van der Waals surface area contributed by atoms with Crippen LogP contribution in [-0.2, 0) is 4.79 Å². The third kappa shape index (κ3) is 3.09. The van der Waals surface area contributed by atoms with Crippen molar-refractivity contribution in [3.8, 4) is 0 Å². The average Bonchev–Trinajstić information content (AvgIpc) is 2.76. The predicted octanol–water partition coefficient (Wildman–Crippen LogP) is 0.460. The zero-order chi connectivity index (χ0) is 13.8. The van der Waals surface area contributed by atoms with Crippen molar-refractivity contribution in [3.05, 3.63) is 6.20 Å². The fourth-order valence-corrected chi connectivity index (χ4v) is 1.77. The quantitative estimate of drug-likeness (QED) is 0.600. The van der Waals surface area contributed by atoms with Crippen LogP contribution < -0.4 is 16.4 Å². The molecule has 1 atom stereocenters. The van der Waals surface area contributed by atoms with Gasteiger partial charge in [-0.2, -0.15) is 15.1 Å². The largest absolute Gasteiger partial charge is 0.370 e. The number of nitrogens with two attached hydrogens (primary N) is 1. The van der Waals surface area contributed by atoms with Crippen LogP contribution in [0.15, 0.2) is 6.20 Å². The van der Waals surface area contributed by atoms with Crippen molar-refractivity contribution >= 4 is 28.7 Å². The number of fused-ring (bicyclic) bond motifs is 1. The van der Waals surface area contributed by atoms with Gasteiger partial charge in [-0.05, 0) is 13.8 Å². The maximum Gasteiger partial charge on any atom is 0.226 e. The van der Waals surface area contributed by atoms with Crippen molar-refractivity contribution in [1.29, 1.82) is 0 Å². The first-order chi connectivity index (χ1) is 9.10. The average molecular weight is 263 g/mol. The summed E-state index contributed by atoms with van der Waals surface area (Å²) in [4.78, 5) is 19.5. The Labute approximate surface area is 110 Å². The first kappa shape index (κ1) is 13.1. The maximum absolute atomic E-state index is 10.9. The van der Waals surface area contributed by atoms with Gasteiger partial charge in [0.2, 0.25) is 11.9 Å². The molecule has 0 aliphatic heterocycles. The summed E-state index contributed by atoms with van der Waals surface area (Å²) >= 11 is 0. The Morgan fingerprint density at radius 3 is 3.00 bits per heavy atom. The van der Waals surface area contributed by atoms with E-state index in [1.807, 2.05) is 13.8 Å². The van der Waals surface area contributed by atoms with E-state index in [4.69, 9.17) is 5.73 Å². The second-order valence-electron chi connectivity index (χ2n) is 4.27. The van der Waals surface area contributed by atoms with Crippen molar-refractivity contribution in [3.63, 3.8) is 0 Å². The lowest BCUT2D eigenvalue weighted by molar-refractivity contribution is -0.118. The summed E-state index contributed by atoms with van der Waals surface area (Å²) < 4.78 is 0. The Morgan fingerprint density at radius 2 is 2.32 bits per heavy atom. The van der Waals surface area contributed by atoms with E-state index in [0.717, 1.165) is 11.9 Å². The number of amides is 1. The van der Waals surface area contributed by atoms with Gasteiger partial charge in [0, 0.05) is 19.0 Å². The number of carbonyl (C=O) groups excluding carboxylic acids is 1. The number of aromatic nitrogens is 4. The first-order valence-corrected chi connectivity index (χ1v) is 6.10. The summed E-state index contributed by atoms with van der Waals surface area (Å²) in [6.07, 6.45) is 1.88. The highest BCUT2D eigenvalue weighted by Gasteiger charge is 2.12. The molecule has 8 heteroatoms. The van der Waals surface area contributed by atoms with Crippen molar-refractivity contribution in [1.82, 2.24) is 20.2 Å². The summed E-state index contributed by atoms with van der Waals surface area (Å²) in [5.41, 5.74) is 5.81. The number of H-pyrrole nitrogens is 1. The molecule has 2 heterocycles. The number of nitrogens with zero attached hydrogens (tertiary/aromatic N) is 3. The van der Waals surface area contributed by atoms with Gasteiger partial charge in [0.15, 0.2) is 5.65 Å². The number of aromatic amines is 1. The molecule has 19 heavy (non-hydrogen) atoms. The lowest BCUT2D eigenvalue weighted by Gasteiger charge is -2.14. The standard InChI is InChI=1S/C11H17N7O/c1-3-13-11-16-9(15-6(2)4-8(12)19)7-5-14-18-10(7)17-11/h5-6H,3-4H2,1-2H3,(H2,12,19)(H3,13,14,15,16,17,18). The monoisotopic (exact) mass is 263 g/mol. The molecule has 1 amide bonds. The summed E-state index contributed by atoms with van der Waals surface area (Å²) in [7, 11) is 0. The van der Waals surface area contributed by atoms with Crippen LogP contribution >= 0.6 is 0 Å². The van der Waals surface area contributed by atoms with Gasteiger partial charge in [0.25, 0.3) is 0 Å². The Kier molecular flexibility index (Phi) is 3.79. The van der Waals surface area contributed by atoms with Crippen LogP contribution in [-0.4, -0.2) is 38.7 Å². The molecule has 0 bridgehead atoms. The molecular formula is C11H17N7O. The number of rotatable bonds is 6. The molecule has 0 spiro atoms. The van der Waals surface area contributed by atoms with Crippen LogP contribution in [0.5, 0.6) is 0 Å². The molecule has 2 aromatic rings. The lowest BCUT2D eigenvalue weighted by Crippen LogP contribution is -2.24. The molecule has 1 unspecified atom stereocenters. The maximum atomic E-state index is 10.9. The minimum Gasteiger partial charge on any atom is -0.370 e. The molecular weight excluding hydrogens is 246 g/mol. The van der Waals surface area contributed by atoms with Crippen LogP contribution in [0.1, 0.15) is 20.3 Å². The molecule has 0 saturated carbocycles. The fraction of sp³-hybridized carbons (Fsp3) is 0.455. The highest BCUT2D eigenvalue weighted by molar-refractivity contribution is 5.87. The first-order valence-electron chi connectivity index (χ1n) is 6.10. The van der Waals surface area contributed by atoms with Gasteiger partial charge >= 0.3 is 0 Å². The molecule has 0 saturated heterocycles. The van der Waals surface area contributed by atoms with E-state index < -0.39 is 0 Å². The smallest absolute Gasteiger partial charge is 0.226 e. The van der Waals surface area contributed by atoms with E-state index in [2.05, 4.69) is 30.8 Å². The number of anilines is 2. The highest BCUT2D eigenvalue weighted by atomic mass is 16.1. The van der Waals surface area contributed by atoms with Gasteiger partial charge in [-0.3, -0.25) is 9.89 Å². The molecule has 0 aliphatic rings. The topological polar surface area (TPSA) is 122 Å². The zero-order valence-corrected chi connectivity index (χ0v) is 10.9. The van der Waals surface area contributed by atoms with E-state index in [1.165, 1.54) is 0 Å². The number of carbonyl (C=O) groups is 1. The molecule has 0 radical (unpaired) electrons. The molecule has 5 N–H and O–H groups in total. The number of hydrogen-bond donors (Lipinski definition) is 4. The molecule has 0 aliphatic carbocycles. The van der Waals surface area contributed by atoms with Crippen LogP contribution in [0.25, 0.3) is 11.0 Å². The SMILES string of the molecule is CCNc1nc(NC(C)CC(N)=O)c2cn[nH]c2n1. The van der Waals surface area contributed by atoms with Crippen LogP contribution in [0, 0.1) is 0 Å². The summed E-state index contributed by atoms with van der Waals surface area (Å²) in [6.45, 7) is 4.55. The molecule has 2 aromatic heterocycles. The normalized spacial score (nSPS) is 12.3. The summed E-state index contributed by atoms with van der Waals surface area (Å²) in [6, 6.07) is -0.111. The second kappa shape index (κ2) is 5.51. The van der Waals surface area contributed by atoms with Gasteiger partial charge in [-0.15, -0.1) is 0 Å². The summed E-state index contributed by atoms with van der Waals surface area (Å²) in [5.74, 6) is 0.779. The molecule has 0 fully saturated rings. The second-order valence-corrected chi connectivity index (χ2v) is 4.27. The molecule has 0 aromatic carbocycles. The fourth-order valence-electron chi connectivity index (χ4n) is 1.77. The highest BCUT2D eigenvalue weighted by Crippen LogP contribution is 2.20. The molecule has 102 valence electrons. The zero-order valence-electron chi connectivity index (χ0n) is 10.9. The van der Waals surface area contributed by atoms with Gasteiger partial charge in [0.05, 0.1) is 11.6 Å². The molecule has 8 nitrogen and oxygen atoms in total. The summed E-state index contributed by atoms with van der Waals surface area (Å²) in [5, 5.41) is 13.7. The van der Waals surface area contributed by atoms with E-state index in [9.17, 15) is 4.79 Å². The van der Waals surface area contributed by atoms with Crippen LogP contribution in [0.3, 0.4) is 0 Å². The van der Waals surface area contributed by atoms with Gasteiger partial charge in [-0.25, -0.2) is 0 Å². The van der Waals surface area contributed by atoms with Crippen molar-refractivity contribution < 1.29 is 4.79 Å². The van der Waals surface area contributed by atoms with E-state index >= 15 is 0 Å². The Balaban J connectivity index is 2.29. The van der Waals surface area contributed by atoms with Crippen molar-refractivity contribution in [2.45, 2.75) is 26.3 Å².